The Kier molecular flexibility index (Phi) is 4.18. The zero-order valence-corrected chi connectivity index (χ0v) is 13.1. The summed E-state index contributed by atoms with van der Waals surface area (Å²) < 4.78 is 1.06. The first kappa shape index (κ1) is 14.0. The monoisotopic (exact) mass is 341 g/mol. The number of pyridine rings is 1. The highest BCUT2D eigenvalue weighted by molar-refractivity contribution is 9.10. The van der Waals surface area contributed by atoms with Crippen LogP contribution in [0.15, 0.2) is 59.2 Å². The predicted octanol–water partition coefficient (Wildman–Crippen LogP) is 4.03. The molecule has 0 saturated carbocycles. The summed E-state index contributed by atoms with van der Waals surface area (Å²) in [4.78, 5) is 4.42. The van der Waals surface area contributed by atoms with E-state index in [0.29, 0.717) is 6.54 Å². The predicted molar refractivity (Wildman–Crippen MR) is 92.4 cm³/mol. The van der Waals surface area contributed by atoms with Gasteiger partial charge in [0.1, 0.15) is 0 Å². The Morgan fingerprint density at radius 2 is 1.86 bits per heavy atom. The molecule has 0 bridgehead atoms. The van der Waals surface area contributed by atoms with E-state index in [1.165, 1.54) is 11.1 Å². The second-order valence-corrected chi connectivity index (χ2v) is 5.73. The molecule has 3 aromatic rings. The topological polar surface area (TPSA) is 50.9 Å². The quantitative estimate of drug-likeness (QED) is 0.753. The van der Waals surface area contributed by atoms with E-state index in [4.69, 9.17) is 5.73 Å². The number of fused-ring (bicyclic) bond motifs is 1. The van der Waals surface area contributed by atoms with Gasteiger partial charge in [-0.05, 0) is 47.5 Å². The Morgan fingerprint density at radius 1 is 1.05 bits per heavy atom. The Morgan fingerprint density at radius 3 is 2.62 bits per heavy atom. The fraction of sp³-hybridized carbons (Fsp3) is 0.118. The van der Waals surface area contributed by atoms with Crippen molar-refractivity contribution in [2.24, 2.45) is 5.73 Å². The van der Waals surface area contributed by atoms with Gasteiger partial charge in [-0.2, -0.15) is 0 Å². The summed E-state index contributed by atoms with van der Waals surface area (Å²) in [6, 6.07) is 16.6. The first-order valence-electron chi connectivity index (χ1n) is 6.86. The molecule has 0 aliphatic rings. The summed E-state index contributed by atoms with van der Waals surface area (Å²) >= 11 is 3.53. The second-order valence-electron chi connectivity index (χ2n) is 4.81. The van der Waals surface area contributed by atoms with Gasteiger partial charge in [0, 0.05) is 34.8 Å². The van der Waals surface area contributed by atoms with Crippen LogP contribution in [0, 0.1) is 0 Å². The number of aromatic nitrogens is 1. The summed E-state index contributed by atoms with van der Waals surface area (Å²) in [5, 5.41) is 4.42. The van der Waals surface area contributed by atoms with Gasteiger partial charge in [-0.3, -0.25) is 4.98 Å². The van der Waals surface area contributed by atoms with Gasteiger partial charge in [0.05, 0.1) is 5.52 Å². The van der Waals surface area contributed by atoms with E-state index in [1.54, 1.807) is 0 Å². The molecule has 0 fully saturated rings. The van der Waals surface area contributed by atoms with Gasteiger partial charge in [0.2, 0.25) is 0 Å². The van der Waals surface area contributed by atoms with E-state index in [0.717, 1.165) is 27.6 Å². The largest absolute Gasteiger partial charge is 0.384 e. The van der Waals surface area contributed by atoms with Crippen LogP contribution in [0.3, 0.4) is 0 Å². The fourth-order valence-corrected chi connectivity index (χ4v) is 2.72. The zero-order valence-electron chi connectivity index (χ0n) is 11.5. The van der Waals surface area contributed by atoms with Gasteiger partial charge >= 0.3 is 0 Å². The minimum absolute atomic E-state index is 0.630. The van der Waals surface area contributed by atoms with Crippen molar-refractivity contribution in [2.75, 3.05) is 18.4 Å². The maximum absolute atomic E-state index is 5.50. The van der Waals surface area contributed by atoms with E-state index < -0.39 is 0 Å². The van der Waals surface area contributed by atoms with Gasteiger partial charge in [0.15, 0.2) is 0 Å². The lowest BCUT2D eigenvalue weighted by Gasteiger charge is -2.09. The second kappa shape index (κ2) is 6.24. The fourth-order valence-electron chi connectivity index (χ4n) is 2.35. The van der Waals surface area contributed by atoms with Gasteiger partial charge in [-0.15, -0.1) is 0 Å². The van der Waals surface area contributed by atoms with Crippen molar-refractivity contribution in [1.82, 2.24) is 4.98 Å². The molecule has 3 rings (SSSR count). The van der Waals surface area contributed by atoms with Crippen molar-refractivity contribution in [2.45, 2.75) is 0 Å². The van der Waals surface area contributed by atoms with Crippen LogP contribution in [0.1, 0.15) is 0 Å². The minimum Gasteiger partial charge on any atom is -0.384 e. The zero-order chi connectivity index (χ0) is 14.7. The van der Waals surface area contributed by atoms with E-state index in [1.807, 2.05) is 18.3 Å². The molecule has 106 valence electrons. The molecule has 0 aliphatic heterocycles. The smallest absolute Gasteiger partial charge is 0.0708 e. The molecular formula is C17H16BrN3. The molecular weight excluding hydrogens is 326 g/mol. The number of halogens is 1. The lowest BCUT2D eigenvalue weighted by Crippen LogP contribution is -2.12. The van der Waals surface area contributed by atoms with Crippen LogP contribution in [0.25, 0.3) is 22.0 Å². The first-order valence-corrected chi connectivity index (χ1v) is 7.66. The lowest BCUT2D eigenvalue weighted by atomic mass is 10.0. The maximum atomic E-state index is 5.50. The molecule has 0 atom stereocenters. The number of hydrogen-bond acceptors (Lipinski definition) is 3. The summed E-state index contributed by atoms with van der Waals surface area (Å²) in [7, 11) is 0. The van der Waals surface area contributed by atoms with Gasteiger partial charge in [-0.1, -0.05) is 28.1 Å². The molecule has 21 heavy (non-hydrogen) atoms. The van der Waals surface area contributed by atoms with Crippen LogP contribution in [0.4, 0.5) is 5.69 Å². The number of nitrogens with one attached hydrogen (secondary N) is 1. The van der Waals surface area contributed by atoms with Crippen molar-refractivity contribution >= 4 is 32.5 Å². The third kappa shape index (κ3) is 3.06. The molecule has 0 saturated heterocycles. The van der Waals surface area contributed by atoms with Crippen LogP contribution < -0.4 is 11.1 Å². The highest BCUT2D eigenvalue weighted by Gasteiger charge is 2.05. The maximum Gasteiger partial charge on any atom is 0.0708 e. The minimum atomic E-state index is 0.630. The van der Waals surface area contributed by atoms with Crippen molar-refractivity contribution in [1.29, 1.82) is 0 Å². The molecule has 0 spiro atoms. The third-order valence-corrected chi connectivity index (χ3v) is 3.87. The van der Waals surface area contributed by atoms with Gasteiger partial charge in [0.25, 0.3) is 0 Å². The molecule has 2 aromatic carbocycles. The summed E-state index contributed by atoms with van der Waals surface area (Å²) in [5.74, 6) is 0. The third-order valence-electron chi connectivity index (χ3n) is 3.37. The molecule has 3 nitrogen and oxygen atoms in total. The molecule has 0 amide bonds. The Labute approximate surface area is 132 Å². The van der Waals surface area contributed by atoms with E-state index in [-0.39, 0.29) is 0 Å². The number of benzene rings is 2. The summed E-state index contributed by atoms with van der Waals surface area (Å²) in [6.45, 7) is 1.41. The molecule has 0 unspecified atom stereocenters. The summed E-state index contributed by atoms with van der Waals surface area (Å²) in [5.41, 5.74) is 9.95. The molecule has 3 N–H and O–H groups in total. The molecule has 1 heterocycles. The number of rotatable bonds is 4. The van der Waals surface area contributed by atoms with Crippen molar-refractivity contribution in [3.05, 3.63) is 59.2 Å². The Bertz CT molecular complexity index is 754. The van der Waals surface area contributed by atoms with Crippen molar-refractivity contribution < 1.29 is 0 Å². The molecule has 1 aromatic heterocycles. The highest BCUT2D eigenvalue weighted by Crippen LogP contribution is 2.30. The number of nitrogens with zero attached hydrogens (tertiary/aromatic N) is 1. The Balaban J connectivity index is 2.02. The first-order chi connectivity index (χ1) is 10.3. The molecule has 4 heteroatoms. The van der Waals surface area contributed by atoms with E-state index in [2.05, 4.69) is 62.6 Å². The number of nitrogens with two attached hydrogens (primary N) is 1. The van der Waals surface area contributed by atoms with Gasteiger partial charge in [-0.25, -0.2) is 0 Å². The van der Waals surface area contributed by atoms with Crippen LogP contribution >= 0.6 is 15.9 Å². The van der Waals surface area contributed by atoms with E-state index in [9.17, 15) is 0 Å². The van der Waals surface area contributed by atoms with Crippen LogP contribution in [0.2, 0.25) is 0 Å². The van der Waals surface area contributed by atoms with E-state index >= 15 is 0 Å². The lowest BCUT2D eigenvalue weighted by molar-refractivity contribution is 1.02. The Hall–Kier alpha value is -1.91. The van der Waals surface area contributed by atoms with Crippen LogP contribution in [-0.2, 0) is 0 Å². The van der Waals surface area contributed by atoms with Crippen LogP contribution in [0.5, 0.6) is 0 Å². The van der Waals surface area contributed by atoms with Crippen molar-refractivity contribution in [3.8, 4) is 11.1 Å². The van der Waals surface area contributed by atoms with Gasteiger partial charge < -0.3 is 11.1 Å². The van der Waals surface area contributed by atoms with Crippen molar-refractivity contribution in [3.63, 3.8) is 0 Å². The normalized spacial score (nSPS) is 10.8. The molecule has 0 aliphatic carbocycles. The highest BCUT2D eigenvalue weighted by atomic mass is 79.9. The number of hydrogen-bond donors (Lipinski definition) is 2. The van der Waals surface area contributed by atoms with Crippen LogP contribution in [-0.4, -0.2) is 18.1 Å². The number of anilines is 1. The SMILES string of the molecule is NCCNc1ccc(-c2ccnc3ccc(Br)cc23)cc1. The summed E-state index contributed by atoms with van der Waals surface area (Å²) in [6.07, 6.45) is 1.85. The standard InChI is InChI=1S/C17H16BrN3/c18-13-3-6-17-16(11-13)15(7-9-21-17)12-1-4-14(5-2-12)20-10-8-19/h1-7,9,11,20H,8,10,19H2. The molecule has 0 radical (unpaired) electrons. The average Bonchev–Trinajstić information content (AvgIpc) is 2.53. The average molecular weight is 342 g/mol.